The van der Waals surface area contributed by atoms with Crippen LogP contribution in [0.2, 0.25) is 0 Å². The maximum absolute atomic E-state index is 3.60. The summed E-state index contributed by atoms with van der Waals surface area (Å²) in [4.78, 5) is 0. The van der Waals surface area contributed by atoms with Crippen molar-refractivity contribution in [3.05, 3.63) is 33.3 Å². The molecular formula is C15H23Br. The van der Waals surface area contributed by atoms with Crippen molar-refractivity contribution in [2.75, 3.05) is 0 Å². The van der Waals surface area contributed by atoms with Crippen molar-refractivity contribution in [3.8, 4) is 0 Å². The van der Waals surface area contributed by atoms with Crippen LogP contribution < -0.4 is 0 Å². The van der Waals surface area contributed by atoms with Crippen LogP contribution in [0.4, 0.5) is 0 Å². The van der Waals surface area contributed by atoms with Crippen molar-refractivity contribution < 1.29 is 0 Å². The SMILES string of the molecule is C.Cc1cc(Br)cc2c1C(C)(C)CC2(C)C. The Labute approximate surface area is 109 Å². The van der Waals surface area contributed by atoms with E-state index >= 15 is 0 Å². The van der Waals surface area contributed by atoms with Gasteiger partial charge in [-0.15, -0.1) is 0 Å². The van der Waals surface area contributed by atoms with Gasteiger partial charge in [-0.1, -0.05) is 51.1 Å². The van der Waals surface area contributed by atoms with Crippen LogP contribution in [0.25, 0.3) is 0 Å². The Balaban J connectivity index is 0.00000128. The Bertz CT molecular complexity index is 414. The number of aryl methyl sites for hydroxylation is 1. The molecule has 0 aliphatic heterocycles. The Morgan fingerprint density at radius 3 is 2.19 bits per heavy atom. The highest BCUT2D eigenvalue weighted by atomic mass is 79.9. The molecule has 0 aromatic heterocycles. The summed E-state index contributed by atoms with van der Waals surface area (Å²) in [6.07, 6.45) is 1.24. The first-order valence-electron chi connectivity index (χ1n) is 5.55. The summed E-state index contributed by atoms with van der Waals surface area (Å²) in [5.41, 5.74) is 5.15. The molecule has 0 radical (unpaired) electrons. The largest absolute Gasteiger partial charge is 0.0776 e. The summed E-state index contributed by atoms with van der Waals surface area (Å²) in [5.74, 6) is 0. The van der Waals surface area contributed by atoms with Crippen molar-refractivity contribution in [1.29, 1.82) is 0 Å². The second kappa shape index (κ2) is 3.87. The van der Waals surface area contributed by atoms with Gasteiger partial charge in [-0.05, 0) is 53.0 Å². The Kier molecular flexibility index (Phi) is 3.33. The third-order valence-electron chi connectivity index (χ3n) is 3.59. The fourth-order valence-corrected chi connectivity index (χ4v) is 4.04. The number of hydrogen-bond donors (Lipinski definition) is 0. The molecule has 0 unspecified atom stereocenters. The fourth-order valence-electron chi connectivity index (χ4n) is 3.46. The number of fused-ring (bicyclic) bond motifs is 1. The maximum Gasteiger partial charge on any atom is 0.0181 e. The van der Waals surface area contributed by atoms with E-state index < -0.39 is 0 Å². The lowest BCUT2D eigenvalue weighted by atomic mass is 9.81. The Morgan fingerprint density at radius 1 is 1.06 bits per heavy atom. The van der Waals surface area contributed by atoms with Gasteiger partial charge in [0.1, 0.15) is 0 Å². The predicted octanol–water partition coefficient (Wildman–Crippen LogP) is 5.35. The minimum Gasteiger partial charge on any atom is -0.0776 e. The van der Waals surface area contributed by atoms with Gasteiger partial charge in [0.05, 0.1) is 0 Å². The molecule has 16 heavy (non-hydrogen) atoms. The molecule has 2 rings (SSSR count). The fraction of sp³-hybridized carbons (Fsp3) is 0.600. The van der Waals surface area contributed by atoms with E-state index in [9.17, 15) is 0 Å². The first-order valence-corrected chi connectivity index (χ1v) is 6.34. The van der Waals surface area contributed by atoms with Crippen molar-refractivity contribution in [2.45, 2.75) is 59.3 Å². The summed E-state index contributed by atoms with van der Waals surface area (Å²) in [7, 11) is 0. The van der Waals surface area contributed by atoms with Crippen molar-refractivity contribution in [1.82, 2.24) is 0 Å². The van der Waals surface area contributed by atoms with Gasteiger partial charge in [0.2, 0.25) is 0 Å². The number of rotatable bonds is 0. The second-order valence-corrected chi connectivity index (χ2v) is 7.01. The Morgan fingerprint density at radius 2 is 1.62 bits per heavy atom. The van der Waals surface area contributed by atoms with E-state index in [0.29, 0.717) is 10.8 Å². The first kappa shape index (κ1) is 13.8. The van der Waals surface area contributed by atoms with Gasteiger partial charge in [0.25, 0.3) is 0 Å². The van der Waals surface area contributed by atoms with E-state index in [0.717, 1.165) is 0 Å². The quantitative estimate of drug-likeness (QED) is 0.602. The van der Waals surface area contributed by atoms with E-state index in [4.69, 9.17) is 0 Å². The molecule has 1 aromatic carbocycles. The highest BCUT2D eigenvalue weighted by molar-refractivity contribution is 9.10. The average Bonchev–Trinajstić information content (AvgIpc) is 2.15. The first-order chi connectivity index (χ1) is 6.74. The molecule has 0 amide bonds. The highest BCUT2D eigenvalue weighted by Gasteiger charge is 2.42. The minimum absolute atomic E-state index is 0. The Hall–Kier alpha value is -0.300. The monoisotopic (exact) mass is 282 g/mol. The van der Waals surface area contributed by atoms with Crippen LogP contribution in [0.3, 0.4) is 0 Å². The van der Waals surface area contributed by atoms with Crippen LogP contribution in [-0.2, 0) is 10.8 Å². The van der Waals surface area contributed by atoms with Gasteiger partial charge in [0, 0.05) is 4.47 Å². The summed E-state index contributed by atoms with van der Waals surface area (Å²) in [5, 5.41) is 0. The maximum atomic E-state index is 3.60. The molecule has 0 atom stereocenters. The van der Waals surface area contributed by atoms with E-state index in [1.165, 1.54) is 22.0 Å². The molecule has 0 fully saturated rings. The molecule has 1 aromatic rings. The third kappa shape index (κ3) is 1.95. The molecule has 0 saturated carbocycles. The molecular weight excluding hydrogens is 260 g/mol. The average molecular weight is 283 g/mol. The summed E-state index contributed by atoms with van der Waals surface area (Å²) >= 11 is 3.60. The standard InChI is InChI=1S/C14H19Br.CH4/c1-9-6-10(15)7-11-12(9)14(4,5)8-13(11,2)3;/h6-7H,8H2,1-5H3;1H4. The summed E-state index contributed by atoms with van der Waals surface area (Å²) in [6.45, 7) is 11.7. The van der Waals surface area contributed by atoms with E-state index in [2.05, 4.69) is 62.7 Å². The smallest absolute Gasteiger partial charge is 0.0181 e. The minimum atomic E-state index is 0. The number of halogens is 1. The van der Waals surface area contributed by atoms with Gasteiger partial charge < -0.3 is 0 Å². The number of hydrogen-bond acceptors (Lipinski definition) is 0. The third-order valence-corrected chi connectivity index (χ3v) is 4.05. The zero-order chi connectivity index (χ0) is 11.4. The zero-order valence-corrected chi connectivity index (χ0v) is 11.8. The lowest BCUT2D eigenvalue weighted by Gasteiger charge is -2.23. The second-order valence-electron chi connectivity index (χ2n) is 6.09. The molecule has 0 heterocycles. The van der Waals surface area contributed by atoms with Gasteiger partial charge in [-0.25, -0.2) is 0 Å². The molecule has 1 aliphatic carbocycles. The van der Waals surface area contributed by atoms with Crippen molar-refractivity contribution in [2.24, 2.45) is 0 Å². The van der Waals surface area contributed by atoms with Crippen LogP contribution in [0, 0.1) is 6.92 Å². The summed E-state index contributed by atoms with van der Waals surface area (Å²) in [6, 6.07) is 4.54. The van der Waals surface area contributed by atoms with Crippen LogP contribution in [0.15, 0.2) is 16.6 Å². The lowest BCUT2D eigenvalue weighted by Crippen LogP contribution is -2.18. The molecule has 0 spiro atoms. The van der Waals surface area contributed by atoms with Gasteiger partial charge in [-0.3, -0.25) is 0 Å². The lowest BCUT2D eigenvalue weighted by molar-refractivity contribution is 0.402. The number of benzene rings is 1. The van der Waals surface area contributed by atoms with Crippen molar-refractivity contribution >= 4 is 15.9 Å². The normalized spacial score (nSPS) is 20.1. The molecule has 0 bridgehead atoms. The van der Waals surface area contributed by atoms with Crippen LogP contribution in [0.1, 0.15) is 58.2 Å². The summed E-state index contributed by atoms with van der Waals surface area (Å²) < 4.78 is 1.21. The van der Waals surface area contributed by atoms with Gasteiger partial charge >= 0.3 is 0 Å². The van der Waals surface area contributed by atoms with Crippen LogP contribution >= 0.6 is 15.9 Å². The molecule has 0 saturated heterocycles. The van der Waals surface area contributed by atoms with Gasteiger partial charge in [-0.2, -0.15) is 0 Å². The molecule has 1 heteroatoms. The van der Waals surface area contributed by atoms with Gasteiger partial charge in [0.15, 0.2) is 0 Å². The van der Waals surface area contributed by atoms with Crippen LogP contribution in [0.5, 0.6) is 0 Å². The molecule has 0 N–H and O–H groups in total. The predicted molar refractivity (Wildman–Crippen MR) is 76.3 cm³/mol. The topological polar surface area (TPSA) is 0 Å². The van der Waals surface area contributed by atoms with Crippen LogP contribution in [-0.4, -0.2) is 0 Å². The van der Waals surface area contributed by atoms with E-state index in [-0.39, 0.29) is 7.43 Å². The zero-order valence-electron chi connectivity index (χ0n) is 10.2. The van der Waals surface area contributed by atoms with E-state index in [1.54, 1.807) is 5.56 Å². The highest BCUT2D eigenvalue weighted by Crippen LogP contribution is 2.51. The van der Waals surface area contributed by atoms with Crippen molar-refractivity contribution in [3.63, 3.8) is 0 Å². The molecule has 0 nitrogen and oxygen atoms in total. The molecule has 90 valence electrons. The van der Waals surface area contributed by atoms with E-state index in [1.807, 2.05) is 0 Å². The molecule has 1 aliphatic rings.